The van der Waals surface area contributed by atoms with Crippen molar-refractivity contribution < 1.29 is 9.90 Å². The van der Waals surface area contributed by atoms with E-state index in [0.29, 0.717) is 0 Å². The molecule has 0 saturated carbocycles. The Morgan fingerprint density at radius 2 is 2.00 bits per heavy atom. The summed E-state index contributed by atoms with van der Waals surface area (Å²) in [5.74, 6) is -0.918. The number of carboxylic acids is 1. The van der Waals surface area contributed by atoms with Gasteiger partial charge in [0.1, 0.15) is 0 Å². The molecule has 78 valence electrons. The smallest absolute Gasteiger partial charge is 0.328 e. The second-order valence-corrected chi connectivity index (χ2v) is 3.71. The molecule has 2 aromatic heterocycles. The van der Waals surface area contributed by atoms with Crippen molar-refractivity contribution in [1.82, 2.24) is 4.40 Å². The Kier molecular flexibility index (Phi) is 1.74. The van der Waals surface area contributed by atoms with E-state index in [0.717, 1.165) is 21.6 Å². The van der Waals surface area contributed by atoms with Crippen LogP contribution in [-0.2, 0) is 4.79 Å². The van der Waals surface area contributed by atoms with Crippen molar-refractivity contribution in [2.75, 3.05) is 0 Å². The molecule has 3 heteroatoms. The molecule has 0 saturated heterocycles. The Labute approximate surface area is 91.2 Å². The Hall–Kier alpha value is -2.29. The quantitative estimate of drug-likeness (QED) is 0.665. The minimum atomic E-state index is -0.918. The molecule has 0 aliphatic rings. The van der Waals surface area contributed by atoms with Gasteiger partial charge < -0.3 is 9.51 Å². The van der Waals surface area contributed by atoms with Gasteiger partial charge in [0.05, 0.1) is 11.0 Å². The molecule has 2 heterocycles. The summed E-state index contributed by atoms with van der Waals surface area (Å²) in [6.07, 6.45) is 3.13. The van der Waals surface area contributed by atoms with Crippen LogP contribution in [-0.4, -0.2) is 15.5 Å². The second-order valence-electron chi connectivity index (χ2n) is 3.71. The number of nitrogens with zero attached hydrogens (tertiary/aromatic N) is 1. The number of aromatic nitrogens is 1. The van der Waals surface area contributed by atoms with Gasteiger partial charge in [-0.1, -0.05) is 18.2 Å². The molecule has 3 aromatic rings. The first-order valence-electron chi connectivity index (χ1n) is 4.99. The summed E-state index contributed by atoms with van der Waals surface area (Å²) in [6, 6.07) is 11.8. The van der Waals surface area contributed by atoms with Crippen molar-refractivity contribution in [3.63, 3.8) is 0 Å². The summed E-state index contributed by atoms with van der Waals surface area (Å²) in [6.45, 7) is 0. The van der Waals surface area contributed by atoms with E-state index in [9.17, 15) is 4.79 Å². The van der Waals surface area contributed by atoms with Gasteiger partial charge in [0.15, 0.2) is 0 Å². The molecule has 0 amide bonds. The first kappa shape index (κ1) is 8.97. The van der Waals surface area contributed by atoms with Gasteiger partial charge >= 0.3 is 5.97 Å². The Balaban J connectivity index is 2.47. The van der Waals surface area contributed by atoms with E-state index in [2.05, 4.69) is 0 Å². The molecule has 0 bridgehead atoms. The van der Waals surface area contributed by atoms with E-state index in [-0.39, 0.29) is 0 Å². The molecule has 0 atom stereocenters. The number of fused-ring (bicyclic) bond motifs is 3. The van der Waals surface area contributed by atoms with E-state index in [1.54, 1.807) is 0 Å². The normalized spacial score (nSPS) is 12.6. The maximum absolute atomic E-state index is 10.7. The number of hydrogen-bond donors (Lipinski definition) is 1. The van der Waals surface area contributed by atoms with Crippen LogP contribution in [0, 0.1) is 0 Å². The molecule has 0 aliphatic carbocycles. The molecule has 3 nitrogen and oxygen atoms in total. The molecule has 1 N–H and O–H groups in total. The van der Waals surface area contributed by atoms with Crippen LogP contribution in [0.25, 0.3) is 22.5 Å². The highest BCUT2D eigenvalue weighted by Gasteiger charge is 2.03. The summed E-state index contributed by atoms with van der Waals surface area (Å²) in [5, 5.41) is 10.6. The molecule has 16 heavy (non-hydrogen) atoms. The highest BCUT2D eigenvalue weighted by Crippen LogP contribution is 2.17. The fraction of sp³-hybridized carbons (Fsp3) is 0. The standard InChI is InChI=1S/C13H9NO2/c15-13(16)8-10-5-6-14-11-4-2-1-3-9(11)7-12(10)14/h1-8H,(H,15,16). The summed E-state index contributed by atoms with van der Waals surface area (Å²) in [4.78, 5) is 10.7. The van der Waals surface area contributed by atoms with Crippen molar-refractivity contribution >= 4 is 28.5 Å². The fourth-order valence-corrected chi connectivity index (χ4v) is 2.05. The zero-order valence-electron chi connectivity index (χ0n) is 8.42. The number of rotatable bonds is 1. The van der Waals surface area contributed by atoms with Crippen molar-refractivity contribution in [2.24, 2.45) is 0 Å². The zero-order valence-corrected chi connectivity index (χ0v) is 8.42. The van der Waals surface area contributed by atoms with Crippen LogP contribution in [0.15, 0.2) is 42.6 Å². The van der Waals surface area contributed by atoms with E-state index in [4.69, 9.17) is 5.11 Å². The molecular formula is C13H9NO2. The number of para-hydroxylation sites is 1. The zero-order chi connectivity index (χ0) is 11.1. The Morgan fingerprint density at radius 3 is 2.81 bits per heavy atom. The Morgan fingerprint density at radius 1 is 1.19 bits per heavy atom. The minimum Gasteiger partial charge on any atom is -0.478 e. The van der Waals surface area contributed by atoms with Crippen molar-refractivity contribution in [2.45, 2.75) is 0 Å². The van der Waals surface area contributed by atoms with E-state index in [1.807, 2.05) is 47.0 Å². The third-order valence-corrected chi connectivity index (χ3v) is 2.73. The molecule has 0 radical (unpaired) electrons. The first-order chi connectivity index (χ1) is 7.75. The van der Waals surface area contributed by atoms with Gasteiger partial charge in [-0.3, -0.25) is 0 Å². The SMILES string of the molecule is O=C(O)C=c1ccn2c1cc1ccccc12. The van der Waals surface area contributed by atoms with Crippen LogP contribution in [0.5, 0.6) is 0 Å². The van der Waals surface area contributed by atoms with Crippen molar-refractivity contribution in [1.29, 1.82) is 0 Å². The first-order valence-corrected chi connectivity index (χ1v) is 4.99. The maximum atomic E-state index is 10.7. The van der Waals surface area contributed by atoms with Crippen LogP contribution in [0.1, 0.15) is 0 Å². The summed E-state index contributed by atoms with van der Waals surface area (Å²) < 4.78 is 2.00. The fourth-order valence-electron chi connectivity index (χ4n) is 2.05. The molecule has 0 aliphatic heterocycles. The molecule has 1 aromatic carbocycles. The number of aliphatic carboxylic acids is 1. The molecule has 0 unspecified atom stereocenters. The average Bonchev–Trinajstić information content (AvgIpc) is 2.78. The van der Waals surface area contributed by atoms with Crippen LogP contribution in [0.4, 0.5) is 0 Å². The van der Waals surface area contributed by atoms with Crippen LogP contribution >= 0.6 is 0 Å². The van der Waals surface area contributed by atoms with Gasteiger partial charge in [0.25, 0.3) is 0 Å². The van der Waals surface area contributed by atoms with Crippen LogP contribution < -0.4 is 5.22 Å². The highest BCUT2D eigenvalue weighted by molar-refractivity contribution is 6.00. The van der Waals surface area contributed by atoms with E-state index < -0.39 is 5.97 Å². The van der Waals surface area contributed by atoms with Crippen molar-refractivity contribution in [3.8, 4) is 0 Å². The Bertz CT molecular complexity index is 740. The number of carboxylic acid groups (broad SMARTS) is 1. The molecule has 3 rings (SSSR count). The minimum absolute atomic E-state index is 0.740. The van der Waals surface area contributed by atoms with Gasteiger partial charge in [0, 0.05) is 22.9 Å². The van der Waals surface area contributed by atoms with E-state index >= 15 is 0 Å². The van der Waals surface area contributed by atoms with Crippen molar-refractivity contribution in [3.05, 3.63) is 47.8 Å². The average molecular weight is 211 g/mol. The lowest BCUT2D eigenvalue weighted by Gasteiger charge is -1.89. The summed E-state index contributed by atoms with van der Waals surface area (Å²) in [5.41, 5.74) is 2.03. The number of hydrogen-bond acceptors (Lipinski definition) is 1. The third kappa shape index (κ3) is 1.18. The molecule has 0 fully saturated rings. The third-order valence-electron chi connectivity index (χ3n) is 2.73. The highest BCUT2D eigenvalue weighted by atomic mass is 16.4. The largest absolute Gasteiger partial charge is 0.478 e. The van der Waals surface area contributed by atoms with Gasteiger partial charge in [-0.15, -0.1) is 0 Å². The van der Waals surface area contributed by atoms with Gasteiger partial charge in [-0.25, -0.2) is 4.79 Å². The van der Waals surface area contributed by atoms with Crippen LogP contribution in [0.2, 0.25) is 0 Å². The number of carbonyl (C=O) groups is 1. The summed E-state index contributed by atoms with van der Waals surface area (Å²) in [7, 11) is 0. The predicted molar refractivity (Wildman–Crippen MR) is 62.2 cm³/mol. The van der Waals surface area contributed by atoms with Crippen LogP contribution in [0.3, 0.4) is 0 Å². The molecular weight excluding hydrogens is 202 g/mol. The summed E-state index contributed by atoms with van der Waals surface area (Å²) >= 11 is 0. The number of benzene rings is 1. The topological polar surface area (TPSA) is 41.7 Å². The lowest BCUT2D eigenvalue weighted by Crippen LogP contribution is -2.01. The molecule has 0 spiro atoms. The maximum Gasteiger partial charge on any atom is 0.328 e. The van der Waals surface area contributed by atoms with Gasteiger partial charge in [-0.05, 0) is 18.2 Å². The predicted octanol–water partition coefficient (Wildman–Crippen LogP) is 1.68. The second kappa shape index (κ2) is 3.10. The van der Waals surface area contributed by atoms with E-state index in [1.165, 1.54) is 6.08 Å². The van der Waals surface area contributed by atoms with Gasteiger partial charge in [-0.2, -0.15) is 0 Å². The monoisotopic (exact) mass is 211 g/mol. The van der Waals surface area contributed by atoms with Gasteiger partial charge in [0.2, 0.25) is 0 Å². The lowest BCUT2D eigenvalue weighted by atomic mass is 10.2. The lowest BCUT2D eigenvalue weighted by molar-refractivity contribution is -0.129.